The van der Waals surface area contributed by atoms with Crippen LogP contribution in [0.5, 0.6) is 0 Å². The zero-order chi connectivity index (χ0) is 21.0. The van der Waals surface area contributed by atoms with Crippen LogP contribution in [0.4, 0.5) is 0 Å². The summed E-state index contributed by atoms with van der Waals surface area (Å²) in [5.41, 5.74) is 0. The van der Waals surface area contributed by atoms with E-state index in [-0.39, 0.29) is 0 Å². The molecule has 170 valence electrons. The summed E-state index contributed by atoms with van der Waals surface area (Å²) in [6.07, 6.45) is 31.0. The maximum atomic E-state index is 2.59. The van der Waals surface area contributed by atoms with Gasteiger partial charge in [-0.3, -0.25) is 0 Å². The van der Waals surface area contributed by atoms with E-state index < -0.39 is 0 Å². The quantitative estimate of drug-likeness (QED) is 0.143. The van der Waals surface area contributed by atoms with Gasteiger partial charge in [0.2, 0.25) is 0 Å². The first-order valence-electron chi connectivity index (χ1n) is 13.4. The minimum atomic E-state index is 1.22. The first-order valence-corrected chi connectivity index (χ1v) is 13.4. The molecule has 0 aliphatic carbocycles. The van der Waals surface area contributed by atoms with Crippen molar-refractivity contribution in [1.29, 1.82) is 0 Å². The summed E-state index contributed by atoms with van der Waals surface area (Å²) in [7, 11) is 0. The molecule has 2 heteroatoms. The Morgan fingerprint density at radius 1 is 0.586 bits per heavy atom. The second kappa shape index (κ2) is 19.2. The highest BCUT2D eigenvalue weighted by molar-refractivity contribution is 4.84. The van der Waals surface area contributed by atoms with E-state index >= 15 is 0 Å². The fourth-order valence-corrected chi connectivity index (χ4v) is 4.38. The van der Waals surface area contributed by atoms with Gasteiger partial charge in [0.25, 0.3) is 5.82 Å². The van der Waals surface area contributed by atoms with Gasteiger partial charge in [0, 0.05) is 6.42 Å². The highest BCUT2D eigenvalue weighted by Crippen LogP contribution is 2.12. The van der Waals surface area contributed by atoms with E-state index in [1.807, 2.05) is 0 Å². The second-order valence-electron chi connectivity index (χ2n) is 9.15. The molecule has 1 rings (SSSR count). The van der Waals surface area contributed by atoms with Crippen LogP contribution < -0.4 is 4.57 Å². The average molecular weight is 406 g/mol. The molecule has 0 aliphatic heterocycles. The molecule has 0 unspecified atom stereocenters. The molecule has 0 saturated heterocycles. The molecule has 0 aliphatic rings. The molecule has 0 atom stereocenters. The van der Waals surface area contributed by atoms with E-state index in [0.717, 1.165) is 0 Å². The number of imidazole rings is 1. The maximum Gasteiger partial charge on any atom is 0.256 e. The van der Waals surface area contributed by atoms with E-state index in [0.29, 0.717) is 0 Å². The number of aromatic nitrogens is 2. The number of aryl methyl sites for hydroxylation is 2. The molecule has 0 saturated carbocycles. The summed E-state index contributed by atoms with van der Waals surface area (Å²) in [6.45, 7) is 9.36. The second-order valence-corrected chi connectivity index (χ2v) is 9.15. The lowest BCUT2D eigenvalue weighted by Crippen LogP contribution is -2.37. The van der Waals surface area contributed by atoms with Crippen molar-refractivity contribution in [3.63, 3.8) is 0 Å². The molecule has 0 fully saturated rings. The zero-order valence-electron chi connectivity index (χ0n) is 20.4. The molecule has 0 radical (unpaired) electrons. The van der Waals surface area contributed by atoms with Crippen LogP contribution in [0.2, 0.25) is 0 Å². The fourth-order valence-electron chi connectivity index (χ4n) is 4.38. The Morgan fingerprint density at radius 3 is 1.66 bits per heavy atom. The smallest absolute Gasteiger partial charge is 0.234 e. The van der Waals surface area contributed by atoms with Crippen molar-refractivity contribution in [2.24, 2.45) is 0 Å². The van der Waals surface area contributed by atoms with E-state index in [9.17, 15) is 0 Å². The van der Waals surface area contributed by atoms with Gasteiger partial charge in [0.1, 0.15) is 12.4 Å². The van der Waals surface area contributed by atoms with Crippen molar-refractivity contribution in [2.45, 2.75) is 156 Å². The number of unbranched alkanes of at least 4 members (excludes halogenated alkanes) is 15. The number of hydrogen-bond donors (Lipinski definition) is 0. The number of hydrogen-bond acceptors (Lipinski definition) is 0. The van der Waals surface area contributed by atoms with E-state index in [1.54, 1.807) is 5.82 Å². The Balaban J connectivity index is 2.43. The molecule has 29 heavy (non-hydrogen) atoms. The van der Waals surface area contributed by atoms with Gasteiger partial charge >= 0.3 is 0 Å². The monoisotopic (exact) mass is 405 g/mol. The van der Waals surface area contributed by atoms with Crippen LogP contribution in [0.15, 0.2) is 12.4 Å². The van der Waals surface area contributed by atoms with Crippen molar-refractivity contribution in [1.82, 2.24) is 4.57 Å². The van der Waals surface area contributed by atoms with Crippen molar-refractivity contribution < 1.29 is 4.57 Å². The molecule has 0 spiro atoms. The van der Waals surface area contributed by atoms with Gasteiger partial charge in [-0.15, -0.1) is 0 Å². The van der Waals surface area contributed by atoms with Crippen molar-refractivity contribution in [3.05, 3.63) is 18.2 Å². The van der Waals surface area contributed by atoms with Gasteiger partial charge in [-0.25, -0.2) is 9.13 Å². The van der Waals surface area contributed by atoms with E-state index in [2.05, 4.69) is 42.3 Å². The molecule has 0 bridgehead atoms. The largest absolute Gasteiger partial charge is 0.256 e. The van der Waals surface area contributed by atoms with Crippen molar-refractivity contribution in [2.75, 3.05) is 0 Å². The Kier molecular flexibility index (Phi) is 17.4. The molecule has 2 nitrogen and oxygen atoms in total. The Labute approximate surface area is 183 Å². The predicted molar refractivity (Wildman–Crippen MR) is 128 cm³/mol. The zero-order valence-corrected chi connectivity index (χ0v) is 20.4. The molecule has 1 aromatic heterocycles. The third-order valence-corrected chi connectivity index (χ3v) is 6.35. The highest BCUT2D eigenvalue weighted by atomic mass is 15.1. The summed E-state index contributed by atoms with van der Waals surface area (Å²) >= 11 is 0. The third kappa shape index (κ3) is 13.2. The summed E-state index contributed by atoms with van der Waals surface area (Å²) in [6, 6.07) is 0. The molecule has 0 N–H and O–H groups in total. The van der Waals surface area contributed by atoms with Crippen LogP contribution in [0.3, 0.4) is 0 Å². The van der Waals surface area contributed by atoms with Gasteiger partial charge < -0.3 is 0 Å². The summed E-state index contributed by atoms with van der Waals surface area (Å²) in [5.74, 6) is 1.60. The summed E-state index contributed by atoms with van der Waals surface area (Å²) in [4.78, 5) is 0. The first-order chi connectivity index (χ1) is 14.3. The van der Waals surface area contributed by atoms with E-state index in [1.165, 1.54) is 135 Å². The number of nitrogens with zero attached hydrogens (tertiary/aromatic N) is 2. The molecular formula is C27H53N2+. The Bertz CT molecular complexity index is 463. The van der Waals surface area contributed by atoms with Gasteiger partial charge in [-0.05, 0) is 32.1 Å². The van der Waals surface area contributed by atoms with Crippen LogP contribution in [-0.2, 0) is 19.5 Å². The van der Waals surface area contributed by atoms with Gasteiger partial charge in [0.15, 0.2) is 0 Å². The van der Waals surface area contributed by atoms with Gasteiger partial charge in [-0.1, -0.05) is 104 Å². The topological polar surface area (TPSA) is 8.81 Å². The van der Waals surface area contributed by atoms with Crippen LogP contribution in [0.1, 0.15) is 142 Å². The maximum absolute atomic E-state index is 2.59. The van der Waals surface area contributed by atoms with Crippen molar-refractivity contribution >= 4 is 0 Å². The fraction of sp³-hybridized carbons (Fsp3) is 0.889. The summed E-state index contributed by atoms with van der Waals surface area (Å²) in [5, 5.41) is 0. The van der Waals surface area contributed by atoms with Gasteiger partial charge in [0.05, 0.1) is 13.1 Å². The van der Waals surface area contributed by atoms with Crippen LogP contribution in [-0.4, -0.2) is 4.57 Å². The van der Waals surface area contributed by atoms with Gasteiger partial charge in [-0.2, -0.15) is 0 Å². The van der Waals surface area contributed by atoms with E-state index in [4.69, 9.17) is 0 Å². The third-order valence-electron chi connectivity index (χ3n) is 6.35. The standard InChI is InChI=1S/C27H53N2/c1-4-7-10-13-15-18-21-24-29-26-25-28(23-20-17-12-9-6-3)27(29)22-19-16-14-11-8-5-2/h25-26H,4-24H2,1-3H3/q+1. The molecule has 1 heterocycles. The molecular weight excluding hydrogens is 352 g/mol. The molecule has 1 aromatic rings. The molecule has 0 amide bonds. The first kappa shape index (κ1) is 26.2. The highest BCUT2D eigenvalue weighted by Gasteiger charge is 2.16. The Morgan fingerprint density at radius 2 is 1.07 bits per heavy atom. The van der Waals surface area contributed by atoms with Crippen LogP contribution in [0, 0.1) is 0 Å². The van der Waals surface area contributed by atoms with Crippen molar-refractivity contribution in [3.8, 4) is 0 Å². The average Bonchev–Trinajstić information content (AvgIpc) is 3.11. The minimum Gasteiger partial charge on any atom is -0.234 e. The predicted octanol–water partition coefficient (Wildman–Crippen LogP) is 8.40. The minimum absolute atomic E-state index is 1.22. The summed E-state index contributed by atoms with van der Waals surface area (Å²) < 4.78 is 5.17. The van der Waals surface area contributed by atoms with Crippen LogP contribution in [0.25, 0.3) is 0 Å². The normalized spacial score (nSPS) is 11.4. The lowest BCUT2D eigenvalue weighted by atomic mass is 10.1. The van der Waals surface area contributed by atoms with Crippen LogP contribution >= 0.6 is 0 Å². The molecule has 0 aromatic carbocycles. The lowest BCUT2D eigenvalue weighted by Gasteiger charge is -2.07. The SMILES string of the molecule is CCCCCCCCCn1cc[n+](CCCCCCC)c1CCCCCCCC. The number of rotatable bonds is 21. The lowest BCUT2D eigenvalue weighted by molar-refractivity contribution is -0.704. The Hall–Kier alpha value is -0.790.